The molecule has 0 aliphatic heterocycles. The van der Waals surface area contributed by atoms with Crippen LogP contribution in [0.2, 0.25) is 5.02 Å². The van der Waals surface area contributed by atoms with Gasteiger partial charge in [0.25, 0.3) is 5.91 Å². The molecule has 4 aromatic rings. The van der Waals surface area contributed by atoms with E-state index < -0.39 is 15.7 Å². The third kappa shape index (κ3) is 3.77. The Morgan fingerprint density at radius 2 is 1.89 bits per heavy atom. The van der Waals surface area contributed by atoms with Gasteiger partial charge in [0, 0.05) is 22.9 Å². The molecule has 7 nitrogen and oxygen atoms in total. The van der Waals surface area contributed by atoms with Gasteiger partial charge in [-0.25, -0.2) is 13.4 Å². The van der Waals surface area contributed by atoms with Gasteiger partial charge in [0.1, 0.15) is 0 Å². The number of aromatic nitrogens is 2. The van der Waals surface area contributed by atoms with Crippen molar-refractivity contribution in [2.75, 3.05) is 11.6 Å². The summed E-state index contributed by atoms with van der Waals surface area (Å²) in [5, 5.41) is 7.37. The molecule has 0 saturated carbocycles. The highest BCUT2D eigenvalue weighted by Gasteiger charge is 2.16. The van der Waals surface area contributed by atoms with Gasteiger partial charge < -0.3 is 4.52 Å². The van der Waals surface area contributed by atoms with Crippen molar-refractivity contribution in [2.45, 2.75) is 4.90 Å². The number of anilines is 1. The van der Waals surface area contributed by atoms with Crippen LogP contribution in [0.15, 0.2) is 57.9 Å². The van der Waals surface area contributed by atoms with Crippen LogP contribution in [0.1, 0.15) is 10.5 Å². The van der Waals surface area contributed by atoms with Crippen molar-refractivity contribution in [1.82, 2.24) is 10.1 Å². The quantitative estimate of drug-likeness (QED) is 0.515. The zero-order chi connectivity index (χ0) is 19.9. The number of thiazole rings is 1. The molecule has 0 fully saturated rings. The number of carbonyl (C=O) groups is 1. The Kier molecular flexibility index (Phi) is 4.66. The van der Waals surface area contributed by atoms with Gasteiger partial charge >= 0.3 is 0 Å². The highest BCUT2D eigenvalue weighted by Crippen LogP contribution is 2.29. The van der Waals surface area contributed by atoms with Crippen LogP contribution in [0.4, 0.5) is 5.13 Å². The molecule has 4 rings (SSSR count). The first-order valence-electron chi connectivity index (χ1n) is 7.94. The Balaban J connectivity index is 1.56. The third-order valence-corrected chi connectivity index (χ3v) is 6.18. The summed E-state index contributed by atoms with van der Waals surface area (Å²) < 4.78 is 29.2. The van der Waals surface area contributed by atoms with E-state index in [1.165, 1.54) is 29.5 Å². The topological polar surface area (TPSA) is 102 Å². The van der Waals surface area contributed by atoms with Crippen molar-refractivity contribution in [1.29, 1.82) is 0 Å². The minimum atomic E-state index is -3.32. The fourth-order valence-corrected chi connectivity index (χ4v) is 4.23. The number of fused-ring (bicyclic) bond motifs is 1. The second-order valence-electron chi connectivity index (χ2n) is 5.96. The Morgan fingerprint density at radius 3 is 2.61 bits per heavy atom. The summed E-state index contributed by atoms with van der Waals surface area (Å²) in [6.07, 6.45) is 1.14. The fourth-order valence-electron chi connectivity index (χ4n) is 2.48. The molecular weight excluding hydrogens is 422 g/mol. The molecule has 1 amide bonds. The monoisotopic (exact) mass is 433 g/mol. The maximum absolute atomic E-state index is 12.4. The average molecular weight is 434 g/mol. The van der Waals surface area contributed by atoms with E-state index in [2.05, 4.69) is 15.5 Å². The zero-order valence-electron chi connectivity index (χ0n) is 14.3. The van der Waals surface area contributed by atoms with Crippen molar-refractivity contribution < 1.29 is 17.7 Å². The molecule has 142 valence electrons. The van der Waals surface area contributed by atoms with E-state index in [0.29, 0.717) is 26.1 Å². The third-order valence-electron chi connectivity index (χ3n) is 3.88. The molecule has 2 heterocycles. The summed E-state index contributed by atoms with van der Waals surface area (Å²) in [5.41, 5.74) is 1.43. The number of halogens is 1. The van der Waals surface area contributed by atoms with Crippen molar-refractivity contribution in [3.8, 4) is 11.3 Å². The molecule has 2 aromatic heterocycles. The van der Waals surface area contributed by atoms with Gasteiger partial charge in [-0.1, -0.05) is 28.1 Å². The first-order chi connectivity index (χ1) is 13.3. The van der Waals surface area contributed by atoms with Crippen molar-refractivity contribution in [2.24, 2.45) is 0 Å². The highest BCUT2D eigenvalue weighted by atomic mass is 35.5. The van der Waals surface area contributed by atoms with Gasteiger partial charge in [0.2, 0.25) is 0 Å². The molecule has 0 unspecified atom stereocenters. The van der Waals surface area contributed by atoms with E-state index in [1.54, 1.807) is 30.3 Å². The van der Waals surface area contributed by atoms with Crippen LogP contribution < -0.4 is 5.32 Å². The Labute approximate surface area is 168 Å². The summed E-state index contributed by atoms with van der Waals surface area (Å²) in [5.74, 6) is -0.0460. The van der Waals surface area contributed by atoms with Crippen LogP contribution in [-0.4, -0.2) is 30.7 Å². The van der Waals surface area contributed by atoms with E-state index in [9.17, 15) is 13.2 Å². The second kappa shape index (κ2) is 7.01. The highest BCUT2D eigenvalue weighted by molar-refractivity contribution is 7.90. The lowest BCUT2D eigenvalue weighted by molar-refractivity contribution is 0.101. The maximum atomic E-state index is 12.4. The summed E-state index contributed by atoms with van der Waals surface area (Å²) in [6.45, 7) is 0. The average Bonchev–Trinajstić information content (AvgIpc) is 3.27. The lowest BCUT2D eigenvalue weighted by Crippen LogP contribution is -2.11. The molecule has 0 atom stereocenters. The molecule has 0 spiro atoms. The van der Waals surface area contributed by atoms with Gasteiger partial charge in [0.05, 0.1) is 15.1 Å². The largest absolute Gasteiger partial charge is 0.355 e. The number of sulfone groups is 1. The number of hydrogen-bond acceptors (Lipinski definition) is 7. The van der Waals surface area contributed by atoms with Crippen LogP contribution in [0.25, 0.3) is 21.5 Å². The van der Waals surface area contributed by atoms with Crippen LogP contribution in [-0.2, 0) is 9.84 Å². The van der Waals surface area contributed by atoms with Crippen LogP contribution in [0, 0.1) is 0 Å². The smallest absolute Gasteiger partial charge is 0.279 e. The number of benzene rings is 2. The van der Waals surface area contributed by atoms with Gasteiger partial charge in [0.15, 0.2) is 26.4 Å². The van der Waals surface area contributed by atoms with Gasteiger partial charge in [-0.05, 0) is 42.5 Å². The van der Waals surface area contributed by atoms with E-state index in [1.807, 2.05) is 0 Å². The Bertz CT molecular complexity index is 1290. The number of nitrogens with one attached hydrogen (secondary N) is 1. The Hall–Kier alpha value is -2.75. The summed E-state index contributed by atoms with van der Waals surface area (Å²) >= 11 is 7.04. The van der Waals surface area contributed by atoms with Gasteiger partial charge in [-0.15, -0.1) is 0 Å². The molecule has 0 bridgehead atoms. The molecule has 10 heteroatoms. The number of amides is 1. The SMILES string of the molecule is CS(=O)(=O)c1ccc2nc(NC(=O)c3cc(-c4ccc(Cl)cc4)on3)sc2c1. The van der Waals surface area contributed by atoms with E-state index in [4.69, 9.17) is 16.1 Å². The van der Waals surface area contributed by atoms with Crippen LogP contribution in [0.3, 0.4) is 0 Å². The molecule has 1 N–H and O–H groups in total. The minimum absolute atomic E-state index is 0.0982. The summed E-state index contributed by atoms with van der Waals surface area (Å²) in [4.78, 5) is 16.9. The lowest BCUT2D eigenvalue weighted by Gasteiger charge is -1.96. The number of nitrogens with zero attached hydrogens (tertiary/aromatic N) is 2. The molecule has 0 aliphatic carbocycles. The predicted molar refractivity (Wildman–Crippen MR) is 108 cm³/mol. The second-order valence-corrected chi connectivity index (χ2v) is 9.44. The number of carbonyl (C=O) groups excluding carboxylic acids is 1. The van der Waals surface area contributed by atoms with Crippen LogP contribution in [0.5, 0.6) is 0 Å². The molecule has 0 saturated heterocycles. The first-order valence-corrected chi connectivity index (χ1v) is 11.0. The predicted octanol–water partition coefficient (Wildman–Crippen LogP) is 4.26. The van der Waals surface area contributed by atoms with Gasteiger partial charge in [-0.2, -0.15) is 0 Å². The molecule has 0 radical (unpaired) electrons. The maximum Gasteiger partial charge on any atom is 0.279 e. The normalized spacial score (nSPS) is 11.6. The standard InChI is InChI=1S/C18H12ClN3O4S2/c1-28(24,25)12-6-7-13-16(8-12)27-18(20-13)21-17(23)14-9-15(26-22-14)10-2-4-11(19)5-3-10/h2-9H,1H3,(H,20,21,23). The molecule has 2 aromatic carbocycles. The summed E-state index contributed by atoms with van der Waals surface area (Å²) in [7, 11) is -3.32. The molecule has 0 aliphatic rings. The van der Waals surface area contributed by atoms with Crippen molar-refractivity contribution >= 4 is 54.0 Å². The lowest BCUT2D eigenvalue weighted by atomic mass is 10.1. The number of hydrogen-bond donors (Lipinski definition) is 1. The Morgan fingerprint density at radius 1 is 1.14 bits per heavy atom. The molecule has 28 heavy (non-hydrogen) atoms. The fraction of sp³-hybridized carbons (Fsp3) is 0.0556. The first kappa shape index (κ1) is 18.6. The number of rotatable bonds is 4. The van der Waals surface area contributed by atoms with Crippen LogP contribution >= 0.6 is 22.9 Å². The van der Waals surface area contributed by atoms with E-state index in [-0.39, 0.29) is 10.6 Å². The van der Waals surface area contributed by atoms with Gasteiger partial charge in [-0.3, -0.25) is 10.1 Å². The minimum Gasteiger partial charge on any atom is -0.355 e. The zero-order valence-corrected chi connectivity index (χ0v) is 16.7. The van der Waals surface area contributed by atoms with E-state index >= 15 is 0 Å². The van der Waals surface area contributed by atoms with Crippen molar-refractivity contribution in [3.63, 3.8) is 0 Å². The van der Waals surface area contributed by atoms with E-state index in [0.717, 1.165) is 11.8 Å². The molecular formula is C18H12ClN3O4S2. The van der Waals surface area contributed by atoms with Crippen molar-refractivity contribution in [3.05, 3.63) is 59.2 Å². The summed E-state index contributed by atoms with van der Waals surface area (Å²) in [6, 6.07) is 13.1.